The summed E-state index contributed by atoms with van der Waals surface area (Å²) >= 11 is 3.51. The Kier molecular flexibility index (Phi) is 2.89. The average Bonchev–Trinajstić information content (AvgIpc) is 2.80. The molecule has 0 saturated carbocycles. The van der Waals surface area contributed by atoms with Crippen molar-refractivity contribution in [2.75, 3.05) is 18.9 Å². The molecule has 3 nitrogen and oxygen atoms in total. The molecule has 0 aliphatic carbocycles. The second-order valence-corrected chi connectivity index (χ2v) is 7.40. The number of hydrogen-bond donors (Lipinski definition) is 2. The quantitative estimate of drug-likeness (QED) is 0.813. The number of halogens is 1. The van der Waals surface area contributed by atoms with Crippen LogP contribution in [0.5, 0.6) is 0 Å². The van der Waals surface area contributed by atoms with Crippen molar-refractivity contribution >= 4 is 21.6 Å². The molecule has 2 heterocycles. The molecule has 2 N–H and O–H groups in total. The molecule has 0 unspecified atom stereocenters. The van der Waals surface area contributed by atoms with Gasteiger partial charge in [-0.05, 0) is 25.6 Å². The number of anilines is 1. The van der Waals surface area contributed by atoms with E-state index in [4.69, 9.17) is 0 Å². The Morgan fingerprint density at radius 2 is 2.20 bits per heavy atom. The summed E-state index contributed by atoms with van der Waals surface area (Å²) in [5.41, 5.74) is 0.266. The number of fused-ring (bicyclic) bond motifs is 3. The molecular formula is C16H21BrN2O. The van der Waals surface area contributed by atoms with Crippen molar-refractivity contribution in [3.63, 3.8) is 0 Å². The molecule has 2 aliphatic rings. The molecule has 0 spiro atoms. The van der Waals surface area contributed by atoms with E-state index < -0.39 is 11.3 Å². The number of hydrogen-bond acceptors (Lipinski definition) is 3. The summed E-state index contributed by atoms with van der Waals surface area (Å²) in [4.78, 5) is 2.22. The molecular weight excluding hydrogens is 316 g/mol. The van der Waals surface area contributed by atoms with Gasteiger partial charge < -0.3 is 10.4 Å². The molecule has 1 aromatic rings. The van der Waals surface area contributed by atoms with Gasteiger partial charge in [-0.2, -0.15) is 0 Å². The molecule has 0 radical (unpaired) electrons. The van der Waals surface area contributed by atoms with E-state index >= 15 is 0 Å². The predicted molar refractivity (Wildman–Crippen MR) is 85.6 cm³/mol. The van der Waals surface area contributed by atoms with Crippen LogP contribution in [-0.4, -0.2) is 29.3 Å². The number of aliphatic hydroxyl groups is 1. The number of likely N-dealkylation sites (tertiary alicyclic amines) is 1. The van der Waals surface area contributed by atoms with Crippen LogP contribution >= 0.6 is 15.9 Å². The van der Waals surface area contributed by atoms with Crippen LogP contribution in [0.15, 0.2) is 35.3 Å². The van der Waals surface area contributed by atoms with Gasteiger partial charge in [0.2, 0.25) is 0 Å². The topological polar surface area (TPSA) is 35.5 Å². The summed E-state index contributed by atoms with van der Waals surface area (Å²) in [6.07, 6.45) is 2.66. The molecule has 3 rings (SSSR count). The maximum atomic E-state index is 11.5. The minimum absolute atomic E-state index is 0.279. The van der Waals surface area contributed by atoms with Crippen LogP contribution in [0.4, 0.5) is 5.69 Å². The normalized spacial score (nSPS) is 32.6. The van der Waals surface area contributed by atoms with Crippen molar-refractivity contribution in [3.8, 4) is 0 Å². The van der Waals surface area contributed by atoms with E-state index in [9.17, 15) is 5.11 Å². The van der Waals surface area contributed by atoms with E-state index in [1.165, 1.54) is 0 Å². The van der Waals surface area contributed by atoms with Gasteiger partial charge in [-0.3, -0.25) is 4.90 Å². The van der Waals surface area contributed by atoms with Crippen molar-refractivity contribution in [1.29, 1.82) is 0 Å². The lowest BCUT2D eigenvalue weighted by atomic mass is 9.69. The van der Waals surface area contributed by atoms with Crippen molar-refractivity contribution in [1.82, 2.24) is 4.90 Å². The standard InChI is InChI=1S/C16H21BrN2O/c1-5-14(2,3)16-15(20,8-9-19(16)4)12-7-6-11(17)10-13(12)18-16/h5-7,10,18,20H,1,8-9H2,2-4H3/t15-,16+/m1/s1. The Balaban J connectivity index is 2.26. The lowest BCUT2D eigenvalue weighted by Gasteiger charge is -2.50. The van der Waals surface area contributed by atoms with Crippen molar-refractivity contribution in [2.45, 2.75) is 31.5 Å². The molecule has 0 amide bonds. The van der Waals surface area contributed by atoms with Gasteiger partial charge in [-0.15, -0.1) is 6.58 Å². The first-order valence-electron chi connectivity index (χ1n) is 6.94. The van der Waals surface area contributed by atoms with Crippen LogP contribution in [0.1, 0.15) is 25.8 Å². The highest BCUT2D eigenvalue weighted by molar-refractivity contribution is 9.10. The summed E-state index contributed by atoms with van der Waals surface area (Å²) in [5.74, 6) is 0. The first-order valence-corrected chi connectivity index (χ1v) is 7.73. The molecule has 4 heteroatoms. The van der Waals surface area contributed by atoms with Crippen LogP contribution in [0.3, 0.4) is 0 Å². The molecule has 1 fully saturated rings. The minimum atomic E-state index is -0.893. The first-order chi connectivity index (χ1) is 9.28. The minimum Gasteiger partial charge on any atom is -0.381 e. The fraction of sp³-hybridized carbons (Fsp3) is 0.500. The van der Waals surface area contributed by atoms with Gasteiger partial charge in [-0.1, -0.05) is 41.9 Å². The zero-order chi connectivity index (χ0) is 14.8. The zero-order valence-corrected chi connectivity index (χ0v) is 13.8. The molecule has 108 valence electrons. The summed E-state index contributed by atoms with van der Waals surface area (Å²) < 4.78 is 1.02. The average molecular weight is 337 g/mol. The second-order valence-electron chi connectivity index (χ2n) is 6.48. The van der Waals surface area contributed by atoms with E-state index in [0.29, 0.717) is 0 Å². The Morgan fingerprint density at radius 1 is 1.50 bits per heavy atom. The lowest BCUT2D eigenvalue weighted by molar-refractivity contribution is -0.0824. The number of nitrogens with one attached hydrogen (secondary N) is 1. The van der Waals surface area contributed by atoms with Crippen molar-refractivity contribution in [3.05, 3.63) is 40.9 Å². The van der Waals surface area contributed by atoms with Gasteiger partial charge >= 0.3 is 0 Å². The third-order valence-corrected chi connectivity index (χ3v) is 5.66. The fourth-order valence-corrected chi connectivity index (χ4v) is 4.39. The van der Waals surface area contributed by atoms with Gasteiger partial charge in [0, 0.05) is 27.7 Å². The summed E-state index contributed by atoms with van der Waals surface area (Å²) in [5, 5.41) is 15.1. The highest BCUT2D eigenvalue weighted by Gasteiger charge is 2.68. The third-order valence-electron chi connectivity index (χ3n) is 5.17. The highest BCUT2D eigenvalue weighted by atomic mass is 79.9. The maximum Gasteiger partial charge on any atom is 0.133 e. The van der Waals surface area contributed by atoms with Crippen molar-refractivity contribution < 1.29 is 5.11 Å². The lowest BCUT2D eigenvalue weighted by Crippen LogP contribution is -2.65. The predicted octanol–water partition coefficient (Wildman–Crippen LogP) is 3.31. The summed E-state index contributed by atoms with van der Waals surface area (Å²) in [6.45, 7) is 9.10. The SMILES string of the molecule is C=CC(C)(C)[C@@]12Nc3cc(Br)ccc3[C@]1(O)CCN2C. The van der Waals surface area contributed by atoms with E-state index in [1.807, 2.05) is 24.3 Å². The van der Waals surface area contributed by atoms with Crippen LogP contribution in [0, 0.1) is 5.41 Å². The van der Waals surface area contributed by atoms with Crippen molar-refractivity contribution in [2.24, 2.45) is 5.41 Å². The Morgan fingerprint density at radius 3 is 2.85 bits per heavy atom. The first kappa shape index (κ1) is 14.1. The number of likely N-dealkylation sites (N-methyl/N-ethyl adjacent to an activating group) is 1. The zero-order valence-electron chi connectivity index (χ0n) is 12.2. The Labute approximate surface area is 128 Å². The maximum absolute atomic E-state index is 11.5. The van der Waals surface area contributed by atoms with Crippen LogP contribution in [0.2, 0.25) is 0 Å². The second kappa shape index (κ2) is 4.09. The van der Waals surface area contributed by atoms with Crippen LogP contribution in [-0.2, 0) is 5.60 Å². The largest absolute Gasteiger partial charge is 0.381 e. The van der Waals surface area contributed by atoms with E-state index in [1.54, 1.807) is 0 Å². The molecule has 0 bridgehead atoms. The number of nitrogens with zero attached hydrogens (tertiary/aromatic N) is 1. The fourth-order valence-electron chi connectivity index (χ4n) is 4.03. The van der Waals surface area contributed by atoms with Gasteiger partial charge in [-0.25, -0.2) is 0 Å². The summed E-state index contributed by atoms with van der Waals surface area (Å²) in [6, 6.07) is 6.06. The highest BCUT2D eigenvalue weighted by Crippen LogP contribution is 2.60. The molecule has 0 aromatic heterocycles. The molecule has 2 atom stereocenters. The van der Waals surface area contributed by atoms with Gasteiger partial charge in [0.05, 0.1) is 0 Å². The molecule has 1 aromatic carbocycles. The van der Waals surface area contributed by atoms with E-state index in [0.717, 1.165) is 28.7 Å². The van der Waals surface area contributed by atoms with Crippen LogP contribution < -0.4 is 5.32 Å². The monoisotopic (exact) mass is 336 g/mol. The van der Waals surface area contributed by atoms with Gasteiger partial charge in [0.25, 0.3) is 0 Å². The third kappa shape index (κ3) is 1.42. The van der Waals surface area contributed by atoms with Gasteiger partial charge in [0.15, 0.2) is 0 Å². The molecule has 1 saturated heterocycles. The Bertz CT molecular complexity index is 586. The summed E-state index contributed by atoms with van der Waals surface area (Å²) in [7, 11) is 2.07. The van der Waals surface area contributed by atoms with Gasteiger partial charge in [0.1, 0.15) is 11.3 Å². The molecule has 20 heavy (non-hydrogen) atoms. The number of rotatable bonds is 2. The van der Waals surface area contributed by atoms with E-state index in [2.05, 4.69) is 53.6 Å². The van der Waals surface area contributed by atoms with E-state index in [-0.39, 0.29) is 5.41 Å². The number of benzene rings is 1. The molecule has 2 aliphatic heterocycles. The smallest absolute Gasteiger partial charge is 0.133 e. The van der Waals surface area contributed by atoms with Crippen LogP contribution in [0.25, 0.3) is 0 Å². The Hall–Kier alpha value is -0.840.